The van der Waals surface area contributed by atoms with Crippen molar-refractivity contribution in [2.75, 3.05) is 26.3 Å². The van der Waals surface area contributed by atoms with Gasteiger partial charge in [-0.1, -0.05) is 37.4 Å². The van der Waals surface area contributed by atoms with Gasteiger partial charge >= 0.3 is 0 Å². The molecule has 3 rings (SSSR count). The highest BCUT2D eigenvalue weighted by Crippen LogP contribution is 2.38. The molecule has 2 N–H and O–H groups in total. The van der Waals surface area contributed by atoms with Crippen LogP contribution in [0.4, 0.5) is 11.4 Å². The molecule has 1 aliphatic carbocycles. The molecule has 1 aliphatic rings. The number of nitrogens with one attached hydrogen (secondary N) is 2. The standard InChI is InChI=1S/C32H37N5O6/c1-3-30(38)33-20-8-10-22-42-29-24-32(36-35-26-12-6-5-7-13-26,43-23-11-9-21-34-31(39)4-2)19-18-28(29)25-14-16-27(17-15-25)37(40)41/h3-7,12-19H,1-2,8-11,20-24H2,(H,33,38)(H,34,39). The lowest BCUT2D eigenvalue weighted by Gasteiger charge is -2.31. The Morgan fingerprint density at radius 1 is 0.930 bits per heavy atom. The maximum atomic E-state index is 11.4. The zero-order chi connectivity index (χ0) is 30.9. The van der Waals surface area contributed by atoms with Crippen molar-refractivity contribution in [3.8, 4) is 0 Å². The summed E-state index contributed by atoms with van der Waals surface area (Å²) in [6.07, 6.45) is 9.12. The topological polar surface area (TPSA) is 145 Å². The number of amides is 2. The molecular weight excluding hydrogens is 550 g/mol. The molecule has 43 heavy (non-hydrogen) atoms. The quantitative estimate of drug-likeness (QED) is 0.0726. The van der Waals surface area contributed by atoms with E-state index in [1.54, 1.807) is 12.1 Å². The van der Waals surface area contributed by atoms with E-state index in [1.165, 1.54) is 24.3 Å². The number of rotatable bonds is 18. The third-order valence-corrected chi connectivity index (χ3v) is 6.44. The first-order valence-electron chi connectivity index (χ1n) is 14.1. The van der Waals surface area contributed by atoms with Gasteiger partial charge in [-0.3, -0.25) is 19.7 Å². The van der Waals surface area contributed by atoms with Crippen LogP contribution in [-0.2, 0) is 19.1 Å². The number of azo groups is 1. The van der Waals surface area contributed by atoms with Gasteiger partial charge in [0.25, 0.3) is 5.69 Å². The van der Waals surface area contributed by atoms with E-state index in [2.05, 4.69) is 34.0 Å². The molecule has 226 valence electrons. The second kappa shape index (κ2) is 17.1. The van der Waals surface area contributed by atoms with Crippen molar-refractivity contribution in [1.29, 1.82) is 0 Å². The molecule has 1 atom stereocenters. The van der Waals surface area contributed by atoms with Gasteiger partial charge in [-0.2, -0.15) is 5.11 Å². The van der Waals surface area contributed by atoms with Gasteiger partial charge in [-0.15, -0.1) is 5.11 Å². The lowest BCUT2D eigenvalue weighted by molar-refractivity contribution is -0.384. The predicted octanol–water partition coefficient (Wildman–Crippen LogP) is 5.94. The first-order chi connectivity index (χ1) is 20.9. The molecule has 0 saturated heterocycles. The van der Waals surface area contributed by atoms with Crippen molar-refractivity contribution in [3.63, 3.8) is 0 Å². The number of hydrogen-bond acceptors (Lipinski definition) is 8. The molecule has 1 unspecified atom stereocenters. The number of nitrogens with zero attached hydrogens (tertiary/aromatic N) is 3. The minimum Gasteiger partial charge on any atom is -0.497 e. The number of ether oxygens (including phenoxy) is 2. The molecule has 2 aromatic rings. The summed E-state index contributed by atoms with van der Waals surface area (Å²) in [6.45, 7) is 8.61. The van der Waals surface area contributed by atoms with Crippen LogP contribution in [0.3, 0.4) is 0 Å². The van der Waals surface area contributed by atoms with E-state index in [9.17, 15) is 19.7 Å². The highest BCUT2D eigenvalue weighted by Gasteiger charge is 2.35. The molecule has 0 radical (unpaired) electrons. The molecule has 0 aromatic heterocycles. The van der Waals surface area contributed by atoms with Crippen molar-refractivity contribution in [2.45, 2.75) is 37.8 Å². The van der Waals surface area contributed by atoms with Crippen LogP contribution in [0.15, 0.2) is 108 Å². The molecule has 0 fully saturated rings. The lowest BCUT2D eigenvalue weighted by atomic mass is 9.93. The minimum absolute atomic E-state index is 0.00759. The van der Waals surface area contributed by atoms with Crippen LogP contribution in [0.1, 0.15) is 37.7 Å². The third-order valence-electron chi connectivity index (χ3n) is 6.44. The zero-order valence-corrected chi connectivity index (χ0v) is 24.1. The summed E-state index contributed by atoms with van der Waals surface area (Å²) in [6, 6.07) is 15.6. The van der Waals surface area contributed by atoms with Gasteiger partial charge in [0.05, 0.1) is 30.2 Å². The first kappa shape index (κ1) is 32.6. The van der Waals surface area contributed by atoms with Crippen molar-refractivity contribution >= 4 is 28.8 Å². The average molecular weight is 588 g/mol. The summed E-state index contributed by atoms with van der Waals surface area (Å²) >= 11 is 0. The summed E-state index contributed by atoms with van der Waals surface area (Å²) in [5, 5.41) is 25.7. The van der Waals surface area contributed by atoms with Crippen LogP contribution < -0.4 is 10.6 Å². The second-order valence-corrected chi connectivity index (χ2v) is 9.63. The summed E-state index contributed by atoms with van der Waals surface area (Å²) in [5.41, 5.74) is 1.02. The van der Waals surface area contributed by atoms with Crippen LogP contribution in [0, 0.1) is 10.1 Å². The van der Waals surface area contributed by atoms with Crippen molar-refractivity contribution < 1.29 is 24.0 Å². The van der Waals surface area contributed by atoms with E-state index in [1.807, 2.05) is 42.5 Å². The average Bonchev–Trinajstić information content (AvgIpc) is 3.03. The van der Waals surface area contributed by atoms with Gasteiger partial charge in [-0.25, -0.2) is 0 Å². The molecule has 0 bridgehead atoms. The Hall–Kier alpha value is -4.90. The molecule has 2 aromatic carbocycles. The maximum Gasteiger partial charge on any atom is 0.269 e. The van der Waals surface area contributed by atoms with E-state index in [0.717, 1.165) is 11.1 Å². The Labute approximate surface area is 251 Å². The van der Waals surface area contributed by atoms with E-state index >= 15 is 0 Å². The number of nitro groups is 1. The Morgan fingerprint density at radius 3 is 2.16 bits per heavy atom. The fourth-order valence-corrected chi connectivity index (χ4v) is 4.14. The molecule has 2 amide bonds. The summed E-state index contributed by atoms with van der Waals surface area (Å²) < 4.78 is 12.6. The Balaban J connectivity index is 1.80. The van der Waals surface area contributed by atoms with Gasteiger partial charge in [0.1, 0.15) is 5.76 Å². The monoisotopic (exact) mass is 587 g/mol. The maximum absolute atomic E-state index is 11.4. The van der Waals surface area contributed by atoms with Gasteiger partial charge in [0, 0.05) is 30.8 Å². The van der Waals surface area contributed by atoms with Gasteiger partial charge in [0.15, 0.2) is 0 Å². The number of benzene rings is 2. The molecule has 0 aliphatic heterocycles. The fourth-order valence-electron chi connectivity index (χ4n) is 4.14. The van der Waals surface area contributed by atoms with Crippen molar-refractivity contribution in [3.05, 3.63) is 113 Å². The number of carbonyl (C=O) groups excluding carboxylic acids is 2. The number of unbranched alkanes of at least 4 members (excludes halogenated alkanes) is 2. The van der Waals surface area contributed by atoms with Gasteiger partial charge in [-0.05, 0) is 73.7 Å². The van der Waals surface area contributed by atoms with E-state index in [-0.39, 0.29) is 23.9 Å². The highest BCUT2D eigenvalue weighted by molar-refractivity contribution is 5.87. The minimum atomic E-state index is -1.16. The van der Waals surface area contributed by atoms with Crippen LogP contribution in [0.2, 0.25) is 0 Å². The summed E-state index contributed by atoms with van der Waals surface area (Å²) in [7, 11) is 0. The van der Waals surface area contributed by atoms with Gasteiger partial charge in [0.2, 0.25) is 17.5 Å². The molecule has 11 heteroatoms. The van der Waals surface area contributed by atoms with Crippen molar-refractivity contribution in [1.82, 2.24) is 10.6 Å². The summed E-state index contributed by atoms with van der Waals surface area (Å²) in [5.74, 6) is 0.157. The first-order valence-corrected chi connectivity index (χ1v) is 14.1. The van der Waals surface area contributed by atoms with E-state index < -0.39 is 10.6 Å². The van der Waals surface area contributed by atoms with Crippen LogP contribution in [0.25, 0.3) is 5.57 Å². The zero-order valence-electron chi connectivity index (χ0n) is 24.1. The number of allylic oxidation sites excluding steroid dienone is 2. The normalized spacial score (nSPS) is 16.1. The predicted molar refractivity (Wildman–Crippen MR) is 164 cm³/mol. The molecule has 0 spiro atoms. The third kappa shape index (κ3) is 10.8. The Morgan fingerprint density at radius 2 is 1.56 bits per heavy atom. The van der Waals surface area contributed by atoms with Crippen LogP contribution in [0.5, 0.6) is 0 Å². The molecule has 11 nitrogen and oxygen atoms in total. The van der Waals surface area contributed by atoms with Gasteiger partial charge < -0.3 is 20.1 Å². The Kier molecular flexibility index (Phi) is 13.0. The van der Waals surface area contributed by atoms with Crippen LogP contribution in [-0.4, -0.2) is 48.8 Å². The van der Waals surface area contributed by atoms with E-state index in [4.69, 9.17) is 9.47 Å². The Bertz CT molecular complexity index is 1350. The fraction of sp³-hybridized carbons (Fsp3) is 0.312. The number of nitro benzene ring substituents is 1. The summed E-state index contributed by atoms with van der Waals surface area (Å²) in [4.78, 5) is 33.6. The number of hydrogen-bond donors (Lipinski definition) is 2. The highest BCUT2D eigenvalue weighted by atomic mass is 16.6. The molecule has 0 heterocycles. The molecular formula is C32H37N5O6. The SMILES string of the molecule is C=CC(=O)NCCCCOC1=C(c2ccc([N+](=O)[O-])cc2)C=CC(N=Nc2ccccc2)(OCCCCNC(=O)C=C)C1. The smallest absolute Gasteiger partial charge is 0.269 e. The largest absolute Gasteiger partial charge is 0.497 e. The lowest BCUT2D eigenvalue weighted by Crippen LogP contribution is -2.32. The van der Waals surface area contributed by atoms with Crippen LogP contribution >= 0.6 is 0 Å². The van der Waals surface area contributed by atoms with Crippen molar-refractivity contribution in [2.24, 2.45) is 10.2 Å². The number of non-ortho nitro benzene ring substituents is 1. The molecule has 0 saturated carbocycles. The second-order valence-electron chi connectivity index (χ2n) is 9.63. The van der Waals surface area contributed by atoms with E-state index in [0.29, 0.717) is 63.4 Å². The number of carbonyl (C=O) groups is 2.